The Morgan fingerprint density at radius 2 is 1.96 bits per heavy atom. The smallest absolute Gasteiger partial charge is 0.133 e. The van der Waals surface area contributed by atoms with E-state index in [1.165, 1.54) is 27.9 Å². The van der Waals surface area contributed by atoms with Crippen LogP contribution in [-0.4, -0.2) is 26.0 Å². The fourth-order valence-corrected chi connectivity index (χ4v) is 3.60. The molecule has 0 saturated heterocycles. The monoisotopic (exact) mass is 334 g/mol. The molecule has 0 N–H and O–H groups in total. The van der Waals surface area contributed by atoms with Gasteiger partial charge in [0.1, 0.15) is 5.82 Å². The minimum absolute atomic E-state index is 0.00924. The summed E-state index contributed by atoms with van der Waals surface area (Å²) in [4.78, 5) is 11.9. The molecule has 1 aromatic carbocycles. The van der Waals surface area contributed by atoms with Crippen LogP contribution in [0.15, 0.2) is 36.5 Å². The maximum atomic E-state index is 4.84. The van der Waals surface area contributed by atoms with Crippen LogP contribution in [0.5, 0.6) is 0 Å². The Morgan fingerprint density at radius 3 is 2.72 bits per heavy atom. The number of hydrogen-bond donors (Lipinski definition) is 0. The maximum absolute atomic E-state index is 4.84. The number of rotatable bonds is 2. The first kappa shape index (κ1) is 16.3. The quantitative estimate of drug-likeness (QED) is 0.714. The molecule has 4 rings (SSSR count). The predicted molar refractivity (Wildman–Crippen MR) is 101 cm³/mol. The fourth-order valence-electron chi connectivity index (χ4n) is 3.60. The van der Waals surface area contributed by atoms with Crippen LogP contribution in [0.25, 0.3) is 10.9 Å². The summed E-state index contributed by atoms with van der Waals surface area (Å²) in [5.74, 6) is 0.952. The van der Waals surface area contributed by atoms with Crippen molar-refractivity contribution in [1.29, 1.82) is 0 Å². The van der Waals surface area contributed by atoms with Gasteiger partial charge in [0, 0.05) is 67.2 Å². The highest BCUT2D eigenvalue weighted by Gasteiger charge is 2.23. The third kappa shape index (κ3) is 3.07. The van der Waals surface area contributed by atoms with Gasteiger partial charge in [-0.15, -0.1) is 0 Å². The number of fused-ring (bicyclic) bond motifs is 2. The van der Waals surface area contributed by atoms with Gasteiger partial charge >= 0.3 is 0 Å². The summed E-state index contributed by atoms with van der Waals surface area (Å²) in [5.41, 5.74) is 5.17. The van der Waals surface area contributed by atoms with Crippen molar-refractivity contribution >= 4 is 10.9 Å². The highest BCUT2D eigenvalue weighted by atomic mass is 15.2. The largest absolute Gasteiger partial charge is 0.346 e. The fraction of sp³-hybridized carbons (Fsp3) is 0.429. The molecular weight excluding hydrogens is 308 g/mol. The van der Waals surface area contributed by atoms with E-state index in [0.29, 0.717) is 0 Å². The molecule has 4 heteroatoms. The van der Waals surface area contributed by atoms with E-state index in [9.17, 15) is 0 Å². The molecular formula is C21H26N4. The lowest BCUT2D eigenvalue weighted by atomic mass is 9.95. The van der Waals surface area contributed by atoms with Crippen molar-refractivity contribution in [2.24, 2.45) is 7.05 Å². The molecule has 0 bridgehead atoms. The van der Waals surface area contributed by atoms with Crippen LogP contribution >= 0.6 is 0 Å². The first-order valence-electron chi connectivity index (χ1n) is 9.03. The van der Waals surface area contributed by atoms with E-state index in [1.807, 2.05) is 6.20 Å². The zero-order chi connectivity index (χ0) is 17.6. The summed E-state index contributed by atoms with van der Waals surface area (Å²) < 4.78 is 2.31. The van der Waals surface area contributed by atoms with Crippen molar-refractivity contribution in [3.63, 3.8) is 0 Å². The van der Waals surface area contributed by atoms with Gasteiger partial charge in [0.15, 0.2) is 0 Å². The molecule has 0 aliphatic carbocycles. The molecule has 0 saturated carbocycles. The Balaban J connectivity index is 1.55. The van der Waals surface area contributed by atoms with Gasteiger partial charge in [0.2, 0.25) is 0 Å². The van der Waals surface area contributed by atoms with Crippen molar-refractivity contribution in [3.8, 4) is 0 Å². The highest BCUT2D eigenvalue weighted by molar-refractivity contribution is 5.81. The molecule has 0 spiro atoms. The van der Waals surface area contributed by atoms with Gasteiger partial charge in [-0.25, -0.2) is 9.97 Å². The van der Waals surface area contributed by atoms with Gasteiger partial charge in [0.05, 0.1) is 0 Å². The molecule has 1 aliphatic rings. The van der Waals surface area contributed by atoms with Crippen LogP contribution in [0.2, 0.25) is 0 Å². The van der Waals surface area contributed by atoms with Crippen molar-refractivity contribution < 1.29 is 0 Å². The van der Waals surface area contributed by atoms with Crippen LogP contribution in [-0.2, 0) is 32.0 Å². The van der Waals surface area contributed by atoms with Crippen molar-refractivity contribution in [1.82, 2.24) is 19.4 Å². The number of para-hydroxylation sites is 1. The minimum Gasteiger partial charge on any atom is -0.346 e. The van der Waals surface area contributed by atoms with Crippen LogP contribution < -0.4 is 0 Å². The Kier molecular flexibility index (Phi) is 3.88. The van der Waals surface area contributed by atoms with Gasteiger partial charge in [-0.3, -0.25) is 4.90 Å². The van der Waals surface area contributed by atoms with Crippen LogP contribution in [0.3, 0.4) is 0 Å². The molecule has 3 heterocycles. The number of nitrogens with zero attached hydrogens (tertiary/aromatic N) is 4. The van der Waals surface area contributed by atoms with Gasteiger partial charge in [-0.05, 0) is 17.5 Å². The molecule has 4 nitrogen and oxygen atoms in total. The third-order valence-electron chi connectivity index (χ3n) is 5.12. The summed E-state index contributed by atoms with van der Waals surface area (Å²) in [6.07, 6.45) is 3.04. The van der Waals surface area contributed by atoms with Gasteiger partial charge < -0.3 is 4.57 Å². The lowest BCUT2D eigenvalue weighted by Crippen LogP contribution is -2.32. The van der Waals surface area contributed by atoms with Gasteiger partial charge in [-0.1, -0.05) is 39.0 Å². The maximum Gasteiger partial charge on any atom is 0.133 e. The lowest BCUT2D eigenvalue weighted by molar-refractivity contribution is 0.237. The summed E-state index contributed by atoms with van der Waals surface area (Å²) in [6, 6.07) is 10.9. The Bertz CT molecular complexity index is 917. The minimum atomic E-state index is 0.00924. The normalized spacial score (nSPS) is 15.5. The van der Waals surface area contributed by atoms with Crippen molar-refractivity contribution in [2.75, 3.05) is 6.54 Å². The first-order chi connectivity index (χ1) is 11.9. The van der Waals surface area contributed by atoms with Crippen LogP contribution in [0, 0.1) is 0 Å². The molecule has 1 aliphatic heterocycles. The molecule has 0 atom stereocenters. The molecule has 0 amide bonds. The molecule has 25 heavy (non-hydrogen) atoms. The number of hydrogen-bond acceptors (Lipinski definition) is 3. The van der Waals surface area contributed by atoms with E-state index in [-0.39, 0.29) is 5.41 Å². The van der Waals surface area contributed by atoms with E-state index in [4.69, 9.17) is 4.98 Å². The summed E-state index contributed by atoms with van der Waals surface area (Å²) in [7, 11) is 2.16. The number of aryl methyl sites for hydroxylation is 1. The predicted octanol–water partition coefficient (Wildman–Crippen LogP) is 3.82. The van der Waals surface area contributed by atoms with E-state index in [0.717, 1.165) is 31.9 Å². The van der Waals surface area contributed by atoms with Gasteiger partial charge in [-0.2, -0.15) is 0 Å². The summed E-state index contributed by atoms with van der Waals surface area (Å²) in [5, 5.41) is 1.32. The van der Waals surface area contributed by atoms with E-state index >= 15 is 0 Å². The Hall–Kier alpha value is -2.20. The summed E-state index contributed by atoms with van der Waals surface area (Å²) in [6.45, 7) is 9.46. The second-order valence-corrected chi connectivity index (χ2v) is 8.13. The van der Waals surface area contributed by atoms with Gasteiger partial charge in [0.25, 0.3) is 0 Å². The van der Waals surface area contributed by atoms with E-state index in [2.05, 4.69) is 72.6 Å². The second-order valence-electron chi connectivity index (χ2n) is 8.13. The highest BCUT2D eigenvalue weighted by Crippen LogP contribution is 2.25. The lowest BCUT2D eigenvalue weighted by Gasteiger charge is -2.29. The zero-order valence-electron chi connectivity index (χ0n) is 15.6. The van der Waals surface area contributed by atoms with E-state index < -0.39 is 0 Å². The Morgan fingerprint density at radius 1 is 1.16 bits per heavy atom. The molecule has 130 valence electrons. The second kappa shape index (κ2) is 5.95. The first-order valence-corrected chi connectivity index (χ1v) is 9.03. The number of benzene rings is 1. The topological polar surface area (TPSA) is 34.0 Å². The van der Waals surface area contributed by atoms with Crippen molar-refractivity contribution in [3.05, 3.63) is 59.3 Å². The molecule has 0 fully saturated rings. The van der Waals surface area contributed by atoms with Crippen LogP contribution in [0.1, 0.15) is 43.5 Å². The van der Waals surface area contributed by atoms with Crippen LogP contribution in [0.4, 0.5) is 0 Å². The average Bonchev–Trinajstić information content (AvgIpc) is 2.90. The van der Waals surface area contributed by atoms with E-state index in [1.54, 1.807) is 0 Å². The average molecular weight is 334 g/mol. The molecule has 0 radical (unpaired) electrons. The Labute approximate surface area is 149 Å². The molecule has 0 unspecified atom stereocenters. The third-order valence-corrected chi connectivity index (χ3v) is 5.12. The summed E-state index contributed by atoms with van der Waals surface area (Å²) >= 11 is 0. The molecule has 2 aromatic heterocycles. The standard InChI is InChI=1S/C21H26N4/c1-21(2,3)20-22-12-16-13-25(10-9-18(16)23-20)14-17-11-15-7-5-6-8-19(15)24(17)4/h5-8,11-12H,9-10,13-14H2,1-4H3. The zero-order valence-corrected chi connectivity index (χ0v) is 15.6. The SMILES string of the molecule is Cn1c(CN2CCc3nc(C(C)(C)C)ncc3C2)cc2ccccc21. The van der Waals surface area contributed by atoms with Crippen molar-refractivity contribution in [2.45, 2.75) is 45.7 Å². The molecule has 3 aromatic rings. The number of aromatic nitrogens is 3.